The number of carbonyl (C=O) groups excluding carboxylic acids is 3. The molecule has 0 bridgehead atoms. The van der Waals surface area contributed by atoms with Crippen molar-refractivity contribution in [2.24, 2.45) is 0 Å². The van der Waals surface area contributed by atoms with Gasteiger partial charge in [-0.1, -0.05) is 42.5 Å². The Kier molecular flexibility index (Phi) is 7.27. The van der Waals surface area contributed by atoms with E-state index in [4.69, 9.17) is 4.42 Å². The van der Waals surface area contributed by atoms with Crippen LogP contribution in [0.25, 0.3) is 17.4 Å². The van der Waals surface area contributed by atoms with Crippen LogP contribution in [0.1, 0.15) is 29.0 Å². The summed E-state index contributed by atoms with van der Waals surface area (Å²) in [6, 6.07) is 15.4. The van der Waals surface area contributed by atoms with Crippen LogP contribution in [0.15, 0.2) is 64.1 Å². The van der Waals surface area contributed by atoms with E-state index in [0.717, 1.165) is 27.8 Å². The molecule has 0 spiro atoms. The Hall–Kier alpha value is -3.65. The van der Waals surface area contributed by atoms with E-state index in [1.807, 2.05) is 55.5 Å². The molecule has 0 saturated carbocycles. The molecular formula is C26H25N3O4S. The fourth-order valence-corrected chi connectivity index (χ4v) is 4.33. The standard InChI is InChI=1S/C26H25N3O4S/c1-17-8-9-20(14-18(17)2)21-16-28-24(33-21)11-10-23(30)27-12-13-29-25(31)22(34-26(29)32)15-19-6-4-3-5-7-19/h3-9,14-16H,10-13H2,1-2H3,(H,27,30)/b22-15-. The van der Waals surface area contributed by atoms with E-state index >= 15 is 0 Å². The van der Waals surface area contributed by atoms with Crippen LogP contribution < -0.4 is 5.32 Å². The maximum absolute atomic E-state index is 12.5. The molecule has 1 fully saturated rings. The van der Waals surface area contributed by atoms with E-state index in [0.29, 0.717) is 23.0 Å². The lowest BCUT2D eigenvalue weighted by molar-refractivity contribution is -0.124. The first kappa shape index (κ1) is 23.5. The van der Waals surface area contributed by atoms with Crippen LogP contribution in [0, 0.1) is 13.8 Å². The zero-order valence-corrected chi connectivity index (χ0v) is 19.9. The lowest BCUT2D eigenvalue weighted by Gasteiger charge is -2.12. The van der Waals surface area contributed by atoms with Crippen LogP contribution in [0.2, 0.25) is 0 Å². The summed E-state index contributed by atoms with van der Waals surface area (Å²) >= 11 is 0.910. The van der Waals surface area contributed by atoms with Crippen molar-refractivity contribution in [3.05, 3.63) is 82.2 Å². The molecule has 3 amide bonds. The third kappa shape index (κ3) is 5.63. The van der Waals surface area contributed by atoms with Crippen LogP contribution in [-0.2, 0) is 16.0 Å². The fourth-order valence-electron chi connectivity index (χ4n) is 3.46. The second-order valence-corrected chi connectivity index (χ2v) is 9.00. The number of carbonyl (C=O) groups is 3. The summed E-state index contributed by atoms with van der Waals surface area (Å²) in [6.07, 6.45) is 3.92. The molecule has 4 rings (SSSR count). The average Bonchev–Trinajstić information content (AvgIpc) is 3.40. The Morgan fingerprint density at radius 3 is 2.68 bits per heavy atom. The Morgan fingerprint density at radius 2 is 1.91 bits per heavy atom. The highest BCUT2D eigenvalue weighted by atomic mass is 32.2. The highest BCUT2D eigenvalue weighted by Gasteiger charge is 2.34. The molecule has 1 saturated heterocycles. The molecule has 1 N–H and O–H groups in total. The first-order chi connectivity index (χ1) is 16.4. The van der Waals surface area contributed by atoms with Crippen molar-refractivity contribution in [1.82, 2.24) is 15.2 Å². The summed E-state index contributed by atoms with van der Waals surface area (Å²) in [6.45, 7) is 4.41. The number of hydrogen-bond acceptors (Lipinski definition) is 6. The monoisotopic (exact) mass is 475 g/mol. The number of rotatable bonds is 8. The minimum absolute atomic E-state index is 0.123. The van der Waals surface area contributed by atoms with Crippen LogP contribution in [0.4, 0.5) is 4.79 Å². The normalized spacial score (nSPS) is 14.8. The molecule has 174 valence electrons. The highest BCUT2D eigenvalue weighted by molar-refractivity contribution is 8.18. The van der Waals surface area contributed by atoms with Crippen LogP contribution in [0.3, 0.4) is 0 Å². The van der Waals surface area contributed by atoms with Crippen LogP contribution in [-0.4, -0.2) is 40.0 Å². The first-order valence-electron chi connectivity index (χ1n) is 11.0. The van der Waals surface area contributed by atoms with Gasteiger partial charge in [0.2, 0.25) is 5.91 Å². The molecule has 7 nitrogen and oxygen atoms in total. The quantitative estimate of drug-likeness (QED) is 0.473. The lowest BCUT2D eigenvalue weighted by atomic mass is 10.1. The van der Waals surface area contributed by atoms with E-state index in [1.54, 1.807) is 12.3 Å². The Balaban J connectivity index is 1.24. The number of aryl methyl sites for hydroxylation is 3. The Morgan fingerprint density at radius 1 is 1.12 bits per heavy atom. The molecule has 1 aliphatic rings. The average molecular weight is 476 g/mol. The molecule has 0 aliphatic carbocycles. The van der Waals surface area contributed by atoms with Gasteiger partial charge in [-0.2, -0.15) is 0 Å². The molecule has 0 radical (unpaired) electrons. The molecule has 2 aromatic carbocycles. The summed E-state index contributed by atoms with van der Waals surface area (Å²) in [7, 11) is 0. The number of oxazole rings is 1. The number of amides is 3. The van der Waals surface area contributed by atoms with Crippen molar-refractivity contribution in [3.8, 4) is 11.3 Å². The molecule has 8 heteroatoms. The topological polar surface area (TPSA) is 92.5 Å². The van der Waals surface area contributed by atoms with E-state index < -0.39 is 0 Å². The smallest absolute Gasteiger partial charge is 0.293 e. The largest absolute Gasteiger partial charge is 0.441 e. The summed E-state index contributed by atoms with van der Waals surface area (Å²) in [5, 5.41) is 2.42. The number of aromatic nitrogens is 1. The van der Waals surface area contributed by atoms with Gasteiger partial charge in [-0.25, -0.2) is 4.98 Å². The van der Waals surface area contributed by atoms with Gasteiger partial charge in [0.15, 0.2) is 11.7 Å². The number of nitrogens with one attached hydrogen (secondary N) is 1. The Labute approximate surface area is 202 Å². The van der Waals surface area contributed by atoms with Crippen molar-refractivity contribution in [3.63, 3.8) is 0 Å². The van der Waals surface area contributed by atoms with Crippen LogP contribution in [0.5, 0.6) is 0 Å². The summed E-state index contributed by atoms with van der Waals surface area (Å²) in [5.74, 6) is 0.617. The van der Waals surface area contributed by atoms with Gasteiger partial charge in [0.05, 0.1) is 11.1 Å². The third-order valence-electron chi connectivity index (χ3n) is 5.54. The van der Waals surface area contributed by atoms with E-state index in [9.17, 15) is 14.4 Å². The van der Waals surface area contributed by atoms with Crippen molar-refractivity contribution in [2.45, 2.75) is 26.7 Å². The van der Waals surface area contributed by atoms with Gasteiger partial charge in [-0.05, 0) is 54.4 Å². The van der Waals surface area contributed by atoms with Crippen molar-refractivity contribution < 1.29 is 18.8 Å². The predicted octanol–water partition coefficient (Wildman–Crippen LogP) is 4.74. The van der Waals surface area contributed by atoms with Gasteiger partial charge in [0.25, 0.3) is 11.1 Å². The number of nitrogens with zero attached hydrogens (tertiary/aromatic N) is 2. The van der Waals surface area contributed by atoms with E-state index in [-0.39, 0.29) is 36.6 Å². The number of thioether (sulfide) groups is 1. The highest BCUT2D eigenvalue weighted by Crippen LogP contribution is 2.31. The molecule has 1 aliphatic heterocycles. The molecular weight excluding hydrogens is 450 g/mol. The van der Waals surface area contributed by atoms with Crippen molar-refractivity contribution in [2.75, 3.05) is 13.1 Å². The maximum atomic E-state index is 12.5. The molecule has 0 atom stereocenters. The minimum atomic E-state index is -0.341. The zero-order chi connectivity index (χ0) is 24.1. The second-order valence-electron chi connectivity index (χ2n) is 8.01. The summed E-state index contributed by atoms with van der Waals surface area (Å²) in [5.41, 5.74) is 4.18. The Bertz CT molecular complexity index is 1250. The van der Waals surface area contributed by atoms with E-state index in [2.05, 4.69) is 17.2 Å². The number of imide groups is 1. The third-order valence-corrected chi connectivity index (χ3v) is 6.45. The summed E-state index contributed by atoms with van der Waals surface area (Å²) < 4.78 is 5.79. The van der Waals surface area contributed by atoms with Crippen molar-refractivity contribution >= 4 is 34.9 Å². The van der Waals surface area contributed by atoms with Crippen LogP contribution >= 0.6 is 11.8 Å². The number of hydrogen-bond donors (Lipinski definition) is 1. The van der Waals surface area contributed by atoms with E-state index in [1.165, 1.54) is 11.1 Å². The minimum Gasteiger partial charge on any atom is -0.441 e. The molecule has 3 aromatic rings. The first-order valence-corrected chi connectivity index (χ1v) is 11.8. The zero-order valence-electron chi connectivity index (χ0n) is 19.0. The molecule has 0 unspecified atom stereocenters. The fraction of sp³-hybridized carbons (Fsp3) is 0.231. The molecule has 2 heterocycles. The number of benzene rings is 2. The molecule has 1 aromatic heterocycles. The predicted molar refractivity (Wildman–Crippen MR) is 132 cm³/mol. The SMILES string of the molecule is Cc1ccc(-c2cnc(CCC(=O)NCCN3C(=O)S/C(=C\c4ccccc4)C3=O)o2)cc1C. The van der Waals surface area contributed by atoms with Gasteiger partial charge >= 0.3 is 0 Å². The lowest BCUT2D eigenvalue weighted by Crippen LogP contribution is -2.37. The maximum Gasteiger partial charge on any atom is 0.293 e. The van der Waals surface area contributed by atoms with Gasteiger partial charge in [0.1, 0.15) is 0 Å². The van der Waals surface area contributed by atoms with Gasteiger partial charge in [-0.15, -0.1) is 0 Å². The van der Waals surface area contributed by atoms with Crippen molar-refractivity contribution in [1.29, 1.82) is 0 Å². The second kappa shape index (κ2) is 10.5. The van der Waals surface area contributed by atoms with Gasteiger partial charge in [0, 0.05) is 31.5 Å². The van der Waals surface area contributed by atoms with Gasteiger partial charge in [-0.3, -0.25) is 19.3 Å². The summed E-state index contributed by atoms with van der Waals surface area (Å²) in [4.78, 5) is 42.8. The van der Waals surface area contributed by atoms with Gasteiger partial charge < -0.3 is 9.73 Å². The molecule has 34 heavy (non-hydrogen) atoms.